The zero-order valence-electron chi connectivity index (χ0n) is 10.8. The predicted octanol–water partition coefficient (Wildman–Crippen LogP) is 3.92. The molecule has 23 heavy (non-hydrogen) atoms. The lowest BCUT2D eigenvalue weighted by molar-refractivity contribution is -0.137. The van der Waals surface area contributed by atoms with Crippen molar-refractivity contribution in [2.45, 2.75) is 11.9 Å². The van der Waals surface area contributed by atoms with Gasteiger partial charge in [-0.2, -0.15) is 18.3 Å². The minimum absolute atomic E-state index is 0.0811. The third kappa shape index (κ3) is 3.82. The third-order valence-corrected chi connectivity index (χ3v) is 4.53. The lowest BCUT2D eigenvalue weighted by Gasteiger charge is -2.13. The zero-order chi connectivity index (χ0) is 17.5. The Labute approximate surface area is 149 Å². The molecule has 1 aromatic heterocycles. The van der Waals surface area contributed by atoms with E-state index < -0.39 is 28.6 Å². The summed E-state index contributed by atoms with van der Waals surface area (Å²) in [6.07, 6.45) is -4.62. The molecule has 2 N–H and O–H groups in total. The summed E-state index contributed by atoms with van der Waals surface area (Å²) >= 11 is 12.4. The van der Waals surface area contributed by atoms with Crippen molar-refractivity contribution >= 4 is 56.0 Å². The smallest absolute Gasteiger partial charge is 0.416 e. The van der Waals surface area contributed by atoms with Gasteiger partial charge in [0.15, 0.2) is 0 Å². The first-order chi connectivity index (χ1) is 10.5. The van der Waals surface area contributed by atoms with Gasteiger partial charge in [0.1, 0.15) is 16.1 Å². The Kier molecular flexibility index (Phi) is 5.31. The number of anilines is 1. The van der Waals surface area contributed by atoms with Gasteiger partial charge in [0.05, 0.1) is 15.6 Å². The molecule has 1 unspecified atom stereocenters. The van der Waals surface area contributed by atoms with E-state index in [1.165, 1.54) is 0 Å². The van der Waals surface area contributed by atoms with Gasteiger partial charge in [-0.05, 0) is 28.1 Å². The average molecular weight is 452 g/mol. The van der Waals surface area contributed by atoms with Gasteiger partial charge in [-0.3, -0.25) is 4.21 Å². The fourth-order valence-corrected chi connectivity index (χ4v) is 3.64. The molecule has 0 amide bonds. The number of aromatic nitrogens is 2. The van der Waals surface area contributed by atoms with Gasteiger partial charge in [0, 0.05) is 11.3 Å². The first kappa shape index (κ1) is 18.5. The molecule has 0 bridgehead atoms. The van der Waals surface area contributed by atoms with Crippen LogP contribution in [0.3, 0.4) is 0 Å². The molecule has 0 saturated carbocycles. The normalized spacial score (nSPS) is 13.3. The molecule has 1 atom stereocenters. The van der Waals surface area contributed by atoms with Crippen LogP contribution < -0.4 is 5.73 Å². The average Bonchev–Trinajstić information content (AvgIpc) is 2.64. The Morgan fingerprint density at radius 1 is 1.35 bits per heavy atom. The molecular formula is C11H6BrCl2F3N3O2S-. The van der Waals surface area contributed by atoms with Crippen LogP contribution in [0.2, 0.25) is 10.0 Å². The van der Waals surface area contributed by atoms with Gasteiger partial charge in [0.25, 0.3) is 0 Å². The molecule has 0 fully saturated rings. The Bertz CT molecular complexity index is 775. The van der Waals surface area contributed by atoms with E-state index in [1.54, 1.807) is 0 Å². The maximum absolute atomic E-state index is 12.7. The van der Waals surface area contributed by atoms with Gasteiger partial charge in [-0.1, -0.05) is 34.3 Å². The van der Waals surface area contributed by atoms with Crippen LogP contribution in [0, 0.1) is 0 Å². The largest absolute Gasteiger partial charge is 0.772 e. The Balaban J connectivity index is 2.62. The molecule has 0 radical (unpaired) electrons. The number of benzene rings is 1. The van der Waals surface area contributed by atoms with Gasteiger partial charge in [-0.15, -0.1) is 0 Å². The predicted molar refractivity (Wildman–Crippen MR) is 83.3 cm³/mol. The number of nitrogens with zero attached hydrogens (tertiary/aromatic N) is 2. The Morgan fingerprint density at radius 2 is 1.87 bits per heavy atom. The number of rotatable bonds is 3. The highest BCUT2D eigenvalue weighted by molar-refractivity contribution is 9.10. The van der Waals surface area contributed by atoms with E-state index in [9.17, 15) is 21.9 Å². The van der Waals surface area contributed by atoms with Gasteiger partial charge >= 0.3 is 6.18 Å². The lowest BCUT2D eigenvalue weighted by atomic mass is 10.2. The van der Waals surface area contributed by atoms with Crippen LogP contribution in [0.4, 0.5) is 19.0 Å². The number of alkyl halides is 3. The molecule has 12 heteroatoms. The molecule has 1 aromatic carbocycles. The third-order valence-electron chi connectivity index (χ3n) is 2.79. The van der Waals surface area contributed by atoms with Crippen molar-refractivity contribution in [1.29, 1.82) is 0 Å². The molecule has 0 aliphatic heterocycles. The van der Waals surface area contributed by atoms with Crippen LogP contribution in [0.5, 0.6) is 0 Å². The number of hydrogen-bond acceptors (Lipinski definition) is 4. The van der Waals surface area contributed by atoms with Crippen LogP contribution in [0.15, 0.2) is 16.7 Å². The molecule has 2 aromatic rings. The van der Waals surface area contributed by atoms with E-state index in [2.05, 4.69) is 21.0 Å². The van der Waals surface area contributed by atoms with Crippen LogP contribution in [0.1, 0.15) is 11.1 Å². The summed E-state index contributed by atoms with van der Waals surface area (Å²) in [6, 6.07) is 1.37. The van der Waals surface area contributed by atoms with Crippen molar-refractivity contribution in [1.82, 2.24) is 9.78 Å². The fourth-order valence-electron chi connectivity index (χ4n) is 1.79. The van der Waals surface area contributed by atoms with Gasteiger partial charge in [-0.25, -0.2) is 4.68 Å². The summed E-state index contributed by atoms with van der Waals surface area (Å²) in [5, 5.41) is 3.27. The number of hydrogen-bond donors (Lipinski definition) is 1. The summed E-state index contributed by atoms with van der Waals surface area (Å²) in [4.78, 5) is 0. The zero-order valence-corrected chi connectivity index (χ0v) is 14.7. The molecular weight excluding hydrogens is 446 g/mol. The van der Waals surface area contributed by atoms with E-state index in [1.807, 2.05) is 0 Å². The molecule has 0 spiro atoms. The second kappa shape index (κ2) is 6.60. The van der Waals surface area contributed by atoms with E-state index in [-0.39, 0.29) is 31.7 Å². The van der Waals surface area contributed by atoms with Gasteiger partial charge in [0.2, 0.25) is 0 Å². The van der Waals surface area contributed by atoms with E-state index in [0.717, 1.165) is 4.68 Å². The first-order valence-electron chi connectivity index (χ1n) is 5.67. The summed E-state index contributed by atoms with van der Waals surface area (Å²) in [6.45, 7) is 0. The second-order valence-electron chi connectivity index (χ2n) is 4.30. The maximum Gasteiger partial charge on any atom is 0.416 e. The maximum atomic E-state index is 12.7. The number of nitrogens with two attached hydrogens (primary N) is 1. The SMILES string of the molecule is Nc1c(CS(=O)[O-])c(Br)nn1-c1c(Cl)cc(C(F)(F)F)cc1Cl. The van der Waals surface area contributed by atoms with E-state index in [0.29, 0.717) is 12.1 Å². The summed E-state index contributed by atoms with van der Waals surface area (Å²) in [5.41, 5.74) is 4.84. The van der Waals surface area contributed by atoms with Crippen LogP contribution in [0.25, 0.3) is 5.69 Å². The first-order valence-corrected chi connectivity index (χ1v) is 8.47. The highest BCUT2D eigenvalue weighted by atomic mass is 79.9. The van der Waals surface area contributed by atoms with Gasteiger partial charge < -0.3 is 10.3 Å². The quantitative estimate of drug-likeness (QED) is 0.716. The minimum Gasteiger partial charge on any atom is -0.772 e. The highest BCUT2D eigenvalue weighted by Gasteiger charge is 2.32. The van der Waals surface area contributed by atoms with Crippen molar-refractivity contribution in [3.63, 3.8) is 0 Å². The number of halogens is 6. The van der Waals surface area contributed by atoms with E-state index >= 15 is 0 Å². The van der Waals surface area contributed by atoms with Crippen molar-refractivity contribution in [2.75, 3.05) is 5.73 Å². The molecule has 2 rings (SSSR count). The van der Waals surface area contributed by atoms with Crippen LogP contribution in [-0.4, -0.2) is 18.5 Å². The molecule has 0 aliphatic rings. The standard InChI is InChI=1S/C11H7BrCl2F3N3O2S/c12-9-5(3-23(21)22)10(18)20(19-9)8-6(13)1-4(2-7(8)14)11(15,16)17/h1-2H,3,18H2,(H,21,22)/p-1. The Hall–Kier alpha value is -0.810. The van der Waals surface area contributed by atoms with Crippen molar-refractivity contribution in [3.05, 3.63) is 37.9 Å². The molecule has 1 heterocycles. The molecule has 5 nitrogen and oxygen atoms in total. The molecule has 0 saturated heterocycles. The van der Waals surface area contributed by atoms with Crippen LogP contribution >= 0.6 is 39.1 Å². The van der Waals surface area contributed by atoms with Crippen LogP contribution in [-0.2, 0) is 23.0 Å². The minimum atomic E-state index is -4.62. The topological polar surface area (TPSA) is 84.0 Å². The summed E-state index contributed by atoms with van der Waals surface area (Å²) in [5.74, 6) is -0.535. The summed E-state index contributed by atoms with van der Waals surface area (Å²) < 4.78 is 60.9. The molecule has 126 valence electrons. The van der Waals surface area contributed by atoms with Crippen molar-refractivity contribution < 1.29 is 21.9 Å². The highest BCUT2D eigenvalue weighted by Crippen LogP contribution is 2.39. The molecule has 0 aliphatic carbocycles. The second-order valence-corrected chi connectivity index (χ2v) is 6.76. The monoisotopic (exact) mass is 450 g/mol. The van der Waals surface area contributed by atoms with Crippen molar-refractivity contribution in [3.8, 4) is 5.69 Å². The fraction of sp³-hybridized carbons (Fsp3) is 0.182. The number of nitrogen functional groups attached to an aromatic ring is 1. The lowest BCUT2D eigenvalue weighted by Crippen LogP contribution is -2.09. The van der Waals surface area contributed by atoms with Crippen molar-refractivity contribution in [2.24, 2.45) is 0 Å². The summed E-state index contributed by atoms with van der Waals surface area (Å²) in [7, 11) is 0. The van der Waals surface area contributed by atoms with E-state index in [4.69, 9.17) is 28.9 Å². The Morgan fingerprint density at radius 3 is 2.30 bits per heavy atom.